The number of esters is 1. The van der Waals surface area contributed by atoms with Crippen molar-refractivity contribution in [2.45, 2.75) is 670 Å². The number of rotatable bonds is 85. The Balaban J connectivity index is 2.22. The summed E-state index contributed by atoms with van der Waals surface area (Å²) < 4.78 is 46.3. The molecule has 1 N–H and O–H groups in total. The summed E-state index contributed by atoms with van der Waals surface area (Å²) in [7, 11) is 0. The maximum absolute atomic E-state index is 14.1. The van der Waals surface area contributed by atoms with Gasteiger partial charge in [-0.25, -0.2) is 0 Å². The SMILES string of the molecule is CC(=O)OC(CCC1OC1(C)CCC[C@H](C)CCC[C@H](C)CCCC(C)C)C(C)(CCC[C@H](C)CCC[C@H](C)CCCC(C)C)OC(C)(CCC[C@H](C)CCC[C@H](C)CCCC(C)C)C1CCC(C(C)(CCC[C@H](C)CCC[C@H](C)CCCC(C)C)OC(C)(CCC[C@H](C)CCC[C@H](C)CCCC(C)C)C2CCC(C(C)(O)CCC[C@H](C)CCC[C@H](C)CCCC(C)C)O2)O1. The van der Waals surface area contributed by atoms with Crippen molar-refractivity contribution >= 4 is 5.97 Å². The molecule has 0 aromatic carbocycles. The fourth-order valence-electron chi connectivity index (χ4n) is 24.0. The first-order valence-corrected chi connectivity index (χ1v) is 58.5. The molecule has 3 aliphatic heterocycles. The molecule has 0 saturated carbocycles. The number of epoxide rings is 1. The van der Waals surface area contributed by atoms with Crippen molar-refractivity contribution in [3.05, 3.63) is 0 Å². The van der Waals surface area contributed by atoms with E-state index in [9.17, 15) is 9.90 Å². The molecule has 3 rings (SSSR count). The highest BCUT2D eigenvalue weighted by Gasteiger charge is 2.57. The minimum atomic E-state index is -0.927. The summed E-state index contributed by atoms with van der Waals surface area (Å²) in [5.41, 5.74) is -3.82. The molecule has 130 heavy (non-hydrogen) atoms. The van der Waals surface area contributed by atoms with Crippen LogP contribution in [0.5, 0.6) is 0 Å². The van der Waals surface area contributed by atoms with Crippen LogP contribution in [0.15, 0.2) is 0 Å². The molecule has 0 aliphatic carbocycles. The summed E-state index contributed by atoms with van der Waals surface area (Å²) in [6, 6.07) is 0. The second-order valence-electron chi connectivity index (χ2n) is 51.9. The van der Waals surface area contributed by atoms with Crippen LogP contribution in [0.1, 0.15) is 600 Å². The molecule has 0 aromatic heterocycles. The zero-order valence-corrected chi connectivity index (χ0v) is 94.1. The Bertz CT molecular complexity index is 2720. The van der Waals surface area contributed by atoms with Gasteiger partial charge in [0.1, 0.15) is 11.7 Å². The molecule has 0 aromatic rings. The normalized spacial score (nSPS) is 23.6. The van der Waals surface area contributed by atoms with Crippen LogP contribution in [-0.4, -0.2) is 81.3 Å². The first-order valence-electron chi connectivity index (χ1n) is 58.5. The summed E-state index contributed by atoms with van der Waals surface area (Å²) in [5, 5.41) is 12.8. The van der Waals surface area contributed by atoms with Gasteiger partial charge in [-0.3, -0.25) is 4.79 Å². The van der Waals surface area contributed by atoms with E-state index in [0.717, 1.165) is 199 Å². The second kappa shape index (κ2) is 66.8. The van der Waals surface area contributed by atoms with Crippen molar-refractivity contribution in [3.8, 4) is 0 Å². The third-order valence-corrected chi connectivity index (χ3v) is 33.9. The lowest BCUT2D eigenvalue weighted by Gasteiger charge is -2.48. The number of aliphatic hydroxyl groups is 1. The minimum Gasteiger partial charge on any atom is -0.459 e. The predicted molar refractivity (Wildman–Crippen MR) is 569 cm³/mol. The lowest BCUT2D eigenvalue weighted by atomic mass is 9.82. The minimum absolute atomic E-state index is 0.135. The molecule has 0 radical (unpaired) electrons. The van der Waals surface area contributed by atoms with Gasteiger partial charge in [0.25, 0.3) is 0 Å². The topological polar surface area (TPSA) is 96.0 Å². The number of ether oxygens (including phenoxy) is 6. The molecule has 0 amide bonds. The summed E-state index contributed by atoms with van der Waals surface area (Å²) in [6.45, 7) is 74.3. The Morgan fingerprint density at radius 1 is 0.292 bits per heavy atom. The van der Waals surface area contributed by atoms with Gasteiger partial charge in [0.2, 0.25) is 0 Å². The molecule has 774 valence electrons. The van der Waals surface area contributed by atoms with E-state index >= 15 is 0 Å². The van der Waals surface area contributed by atoms with E-state index in [4.69, 9.17) is 28.4 Å². The highest BCUT2D eigenvalue weighted by atomic mass is 16.6. The van der Waals surface area contributed by atoms with Crippen LogP contribution in [0.2, 0.25) is 0 Å². The molecule has 3 aliphatic rings. The van der Waals surface area contributed by atoms with Crippen molar-refractivity contribution in [1.29, 1.82) is 0 Å². The van der Waals surface area contributed by atoms with Crippen LogP contribution in [0, 0.1) is 107 Å². The lowest BCUT2D eigenvalue weighted by Crippen LogP contribution is -2.56. The van der Waals surface area contributed by atoms with E-state index < -0.39 is 34.1 Å². The quantitative estimate of drug-likeness (QED) is 0.0475. The summed E-state index contributed by atoms with van der Waals surface area (Å²) in [4.78, 5) is 14.1. The molecule has 3 heterocycles. The van der Waals surface area contributed by atoms with Crippen LogP contribution in [0.3, 0.4) is 0 Å². The van der Waals surface area contributed by atoms with E-state index in [0.29, 0.717) is 36.0 Å². The van der Waals surface area contributed by atoms with Crippen LogP contribution in [-0.2, 0) is 33.2 Å². The fourth-order valence-corrected chi connectivity index (χ4v) is 24.0. The van der Waals surface area contributed by atoms with Crippen molar-refractivity contribution in [3.63, 3.8) is 0 Å². The van der Waals surface area contributed by atoms with E-state index in [-0.39, 0.29) is 42.1 Å². The fraction of sp³-hybridized carbons (Fsp3) is 0.992. The molecule has 0 bridgehead atoms. The molecule has 0 spiro atoms. The summed E-state index contributed by atoms with van der Waals surface area (Å²) >= 11 is 0. The largest absolute Gasteiger partial charge is 0.459 e. The molecule has 8 heteroatoms. The Labute approximate surface area is 816 Å². The predicted octanol–water partition coefficient (Wildman–Crippen LogP) is 38.4. The third kappa shape index (κ3) is 55.4. The van der Waals surface area contributed by atoms with Gasteiger partial charge in [-0.05, 0) is 225 Å². The summed E-state index contributed by atoms with van der Waals surface area (Å²) in [5.74, 6) is 13.0. The zero-order valence-electron chi connectivity index (χ0n) is 94.1. The monoisotopic (exact) mass is 1830 g/mol. The lowest BCUT2D eigenvalue weighted by molar-refractivity contribution is -0.264. The van der Waals surface area contributed by atoms with Gasteiger partial charge in [-0.2, -0.15) is 0 Å². The van der Waals surface area contributed by atoms with Crippen molar-refractivity contribution < 1.29 is 38.3 Å². The van der Waals surface area contributed by atoms with Gasteiger partial charge < -0.3 is 33.5 Å². The standard InChI is InChI=1S/C122H238O8/c1-92(2)50-32-56-98(13)62-38-68-104(19)74-44-86-117(26,124)111-80-81-113(126-111)120(29,89-47-77-107(22)71-41-65-101(16)59-35-53-95(7)8)130-122(31,91-49-79-109(24)73-43-67-103(18)61-37-55-97(11)12)115-83-82-114(127-115)121(30,90-48-78-108(23)72-42-66-102(17)60-36-54-96(9)10)129-119(28,88-46-76-106(21)70-40-64-100(15)58-34-52-94(5)6)112(125-110(25)123)84-85-116-118(27,128-116)87-45-75-105(20)69-39-63-99(14)57-33-51-93(3)4/h92-109,111-116,124H,32-91H2,1-31H3/t98-,99-,100-,101-,102-,103-,104-,105-,106-,107-,108-,109-,111?,112?,113?,114?,115?,116?,117?,118?,119?,120?,121?,122?/m1/s1. The molecule has 3 fully saturated rings. The van der Waals surface area contributed by atoms with Crippen molar-refractivity contribution in [2.75, 3.05) is 0 Å². The smallest absolute Gasteiger partial charge is 0.303 e. The first-order chi connectivity index (χ1) is 61.2. The average Bonchev–Trinajstić information content (AvgIpc) is 1.61. The Kier molecular flexibility index (Phi) is 63.4. The van der Waals surface area contributed by atoms with Crippen LogP contribution in [0.25, 0.3) is 0 Å². The van der Waals surface area contributed by atoms with Gasteiger partial charge in [0.15, 0.2) is 0 Å². The zero-order chi connectivity index (χ0) is 97.1. The molecular weight excluding hydrogens is 1590 g/mol. The van der Waals surface area contributed by atoms with Crippen molar-refractivity contribution in [1.82, 2.24) is 0 Å². The van der Waals surface area contributed by atoms with Crippen LogP contribution in [0.4, 0.5) is 0 Å². The maximum atomic E-state index is 14.1. The van der Waals surface area contributed by atoms with E-state index in [1.807, 2.05) is 0 Å². The molecule has 8 nitrogen and oxygen atoms in total. The number of hydrogen-bond acceptors (Lipinski definition) is 8. The van der Waals surface area contributed by atoms with Gasteiger partial charge in [-0.15, -0.1) is 0 Å². The maximum Gasteiger partial charge on any atom is 0.303 e. The average molecular weight is 1830 g/mol. The highest BCUT2D eigenvalue weighted by molar-refractivity contribution is 5.66. The third-order valence-electron chi connectivity index (χ3n) is 33.9. The Morgan fingerprint density at radius 3 is 0.769 bits per heavy atom. The Hall–Kier alpha value is -0.770. The van der Waals surface area contributed by atoms with Crippen LogP contribution >= 0.6 is 0 Å². The molecule has 24 atom stereocenters. The Morgan fingerprint density at radius 2 is 0.508 bits per heavy atom. The van der Waals surface area contributed by atoms with Crippen LogP contribution < -0.4 is 0 Å². The van der Waals surface area contributed by atoms with Gasteiger partial charge >= 0.3 is 5.97 Å². The van der Waals surface area contributed by atoms with Gasteiger partial charge in [-0.1, -0.05) is 474 Å². The highest BCUT2D eigenvalue weighted by Crippen LogP contribution is 2.51. The molecule has 12 unspecified atom stereocenters. The van der Waals surface area contributed by atoms with E-state index in [1.165, 1.54) is 257 Å². The first kappa shape index (κ1) is 123. The molecular formula is C122H238O8. The number of carbonyl (C=O) groups is 1. The van der Waals surface area contributed by atoms with E-state index in [2.05, 4.69) is 208 Å². The van der Waals surface area contributed by atoms with Gasteiger partial charge in [0, 0.05) is 6.92 Å². The van der Waals surface area contributed by atoms with E-state index in [1.54, 1.807) is 6.92 Å². The molecule has 3 saturated heterocycles. The van der Waals surface area contributed by atoms with Gasteiger partial charge in [0.05, 0.1) is 58.5 Å². The number of hydrogen-bond donors (Lipinski definition) is 1. The summed E-state index contributed by atoms with van der Waals surface area (Å²) in [6.07, 6.45) is 70.5. The number of carbonyl (C=O) groups excluding carboxylic acids is 1. The van der Waals surface area contributed by atoms with Crippen molar-refractivity contribution in [2.24, 2.45) is 107 Å². The second-order valence-corrected chi connectivity index (χ2v) is 51.9.